The van der Waals surface area contributed by atoms with Crippen LogP contribution in [0.15, 0.2) is 24.3 Å². The average Bonchev–Trinajstić information content (AvgIpc) is 2.37. The first-order chi connectivity index (χ1) is 9.43. The topological polar surface area (TPSA) is 70.2 Å². The van der Waals surface area contributed by atoms with Crippen LogP contribution in [0.5, 0.6) is 0 Å². The van der Waals surface area contributed by atoms with Crippen LogP contribution in [0.1, 0.15) is 32.8 Å². The zero-order valence-corrected chi connectivity index (χ0v) is 13.3. The first-order valence-electron chi connectivity index (χ1n) is 7.00. The quantitative estimate of drug-likeness (QED) is 0.612. The molecule has 1 rings (SSSR count). The third-order valence-electron chi connectivity index (χ3n) is 2.62. The minimum Gasteiger partial charge on any atom is -0.313 e. The number of anilines is 1. The Hall–Kier alpha value is -1.11. The smallest absolute Gasteiger partial charge is 0.299 e. The fraction of sp³-hybridized carbons (Fsp3) is 0.571. The van der Waals surface area contributed by atoms with Crippen LogP contribution < -0.4 is 14.8 Å². The standard InChI is InChI=1S/C14H25N3O2S/c1-4-8-15-11-13-6-5-7-14(9-13)17-20(18,19)16-10-12(2)3/h5-7,9,12,15-17H,4,8,10-11H2,1-3H3. The van der Waals surface area contributed by atoms with Gasteiger partial charge in [-0.3, -0.25) is 4.72 Å². The molecular weight excluding hydrogens is 274 g/mol. The van der Waals surface area contributed by atoms with Gasteiger partial charge in [0.15, 0.2) is 0 Å². The summed E-state index contributed by atoms with van der Waals surface area (Å²) < 4.78 is 28.7. The molecule has 0 aliphatic carbocycles. The highest BCUT2D eigenvalue weighted by atomic mass is 32.2. The monoisotopic (exact) mass is 299 g/mol. The van der Waals surface area contributed by atoms with Crippen molar-refractivity contribution in [3.63, 3.8) is 0 Å². The number of benzene rings is 1. The third kappa shape index (κ3) is 6.88. The highest BCUT2D eigenvalue weighted by Gasteiger charge is 2.10. The molecule has 0 atom stereocenters. The van der Waals surface area contributed by atoms with Crippen LogP contribution in [0.4, 0.5) is 5.69 Å². The van der Waals surface area contributed by atoms with Crippen LogP contribution in [-0.4, -0.2) is 21.5 Å². The summed E-state index contributed by atoms with van der Waals surface area (Å²) in [6.45, 7) is 8.14. The Morgan fingerprint density at radius 2 is 2.00 bits per heavy atom. The van der Waals surface area contributed by atoms with Crippen molar-refractivity contribution in [3.05, 3.63) is 29.8 Å². The lowest BCUT2D eigenvalue weighted by Crippen LogP contribution is -2.32. The molecule has 114 valence electrons. The van der Waals surface area contributed by atoms with Crippen LogP contribution >= 0.6 is 0 Å². The van der Waals surface area contributed by atoms with Crippen molar-refractivity contribution in [2.24, 2.45) is 5.92 Å². The van der Waals surface area contributed by atoms with Gasteiger partial charge < -0.3 is 5.32 Å². The molecule has 0 aliphatic rings. The predicted octanol–water partition coefficient (Wildman–Crippen LogP) is 2.09. The molecule has 1 aromatic rings. The van der Waals surface area contributed by atoms with Crippen LogP contribution in [0.3, 0.4) is 0 Å². The van der Waals surface area contributed by atoms with E-state index in [1.54, 1.807) is 6.07 Å². The summed E-state index contributed by atoms with van der Waals surface area (Å²) in [4.78, 5) is 0. The summed E-state index contributed by atoms with van der Waals surface area (Å²) in [6.07, 6.45) is 1.07. The first-order valence-corrected chi connectivity index (χ1v) is 8.48. The Bertz CT molecular complexity index is 501. The van der Waals surface area contributed by atoms with Crippen molar-refractivity contribution in [3.8, 4) is 0 Å². The maximum Gasteiger partial charge on any atom is 0.299 e. The molecule has 0 spiro atoms. The van der Waals surface area contributed by atoms with Gasteiger partial charge in [-0.25, -0.2) is 0 Å². The SMILES string of the molecule is CCCNCc1cccc(NS(=O)(=O)NCC(C)C)c1. The van der Waals surface area contributed by atoms with E-state index in [1.807, 2.05) is 32.0 Å². The highest BCUT2D eigenvalue weighted by Crippen LogP contribution is 2.12. The molecular formula is C14H25N3O2S. The van der Waals surface area contributed by atoms with Gasteiger partial charge in [-0.1, -0.05) is 32.9 Å². The maximum atomic E-state index is 11.8. The van der Waals surface area contributed by atoms with Gasteiger partial charge in [0.05, 0.1) is 5.69 Å². The van der Waals surface area contributed by atoms with E-state index in [0.717, 1.165) is 25.1 Å². The van der Waals surface area contributed by atoms with Crippen LogP contribution in [-0.2, 0) is 16.8 Å². The summed E-state index contributed by atoms with van der Waals surface area (Å²) in [6, 6.07) is 7.42. The first kappa shape index (κ1) is 16.9. The fourth-order valence-electron chi connectivity index (χ4n) is 1.62. The van der Waals surface area contributed by atoms with E-state index < -0.39 is 10.2 Å². The van der Waals surface area contributed by atoms with Gasteiger partial charge in [0.25, 0.3) is 10.2 Å². The van der Waals surface area contributed by atoms with Crippen molar-refractivity contribution >= 4 is 15.9 Å². The van der Waals surface area contributed by atoms with Crippen LogP contribution in [0, 0.1) is 5.92 Å². The molecule has 0 amide bonds. The summed E-state index contributed by atoms with van der Waals surface area (Å²) in [5.41, 5.74) is 1.64. The minimum absolute atomic E-state index is 0.274. The Balaban J connectivity index is 2.60. The van der Waals surface area contributed by atoms with E-state index in [2.05, 4.69) is 21.7 Å². The fourth-order valence-corrected chi connectivity index (χ4v) is 2.68. The van der Waals surface area contributed by atoms with E-state index in [-0.39, 0.29) is 5.92 Å². The second-order valence-electron chi connectivity index (χ2n) is 5.22. The lowest BCUT2D eigenvalue weighted by molar-refractivity contribution is 0.565. The molecule has 6 heteroatoms. The minimum atomic E-state index is -3.49. The van der Waals surface area contributed by atoms with Crippen molar-refractivity contribution < 1.29 is 8.42 Å². The number of hydrogen-bond acceptors (Lipinski definition) is 3. The van der Waals surface area contributed by atoms with E-state index in [4.69, 9.17) is 0 Å². The van der Waals surface area contributed by atoms with Gasteiger partial charge >= 0.3 is 0 Å². The van der Waals surface area contributed by atoms with Gasteiger partial charge in [-0.2, -0.15) is 13.1 Å². The molecule has 0 bridgehead atoms. The molecule has 0 saturated heterocycles. The molecule has 0 unspecified atom stereocenters. The normalized spacial score (nSPS) is 11.8. The van der Waals surface area contributed by atoms with Gasteiger partial charge in [-0.05, 0) is 36.6 Å². The molecule has 5 nitrogen and oxygen atoms in total. The highest BCUT2D eigenvalue weighted by molar-refractivity contribution is 7.90. The average molecular weight is 299 g/mol. The number of rotatable bonds is 9. The van der Waals surface area contributed by atoms with Gasteiger partial charge in [0.1, 0.15) is 0 Å². The predicted molar refractivity (Wildman–Crippen MR) is 83.8 cm³/mol. The van der Waals surface area contributed by atoms with E-state index in [9.17, 15) is 8.42 Å². The number of hydrogen-bond donors (Lipinski definition) is 3. The van der Waals surface area contributed by atoms with Crippen molar-refractivity contribution in [2.45, 2.75) is 33.7 Å². The van der Waals surface area contributed by atoms with Crippen molar-refractivity contribution in [1.29, 1.82) is 0 Å². The molecule has 0 radical (unpaired) electrons. The van der Waals surface area contributed by atoms with Crippen molar-refractivity contribution in [1.82, 2.24) is 10.0 Å². The second-order valence-corrected chi connectivity index (χ2v) is 6.72. The molecule has 1 aromatic carbocycles. The Kier molecular flexibility index (Phi) is 6.98. The summed E-state index contributed by atoms with van der Waals surface area (Å²) in [5, 5.41) is 3.29. The largest absolute Gasteiger partial charge is 0.313 e. The Morgan fingerprint density at radius 1 is 1.25 bits per heavy atom. The molecule has 3 N–H and O–H groups in total. The van der Waals surface area contributed by atoms with E-state index in [1.165, 1.54) is 0 Å². The molecule has 20 heavy (non-hydrogen) atoms. The van der Waals surface area contributed by atoms with Gasteiger partial charge in [-0.15, -0.1) is 0 Å². The van der Waals surface area contributed by atoms with E-state index in [0.29, 0.717) is 12.2 Å². The zero-order valence-electron chi connectivity index (χ0n) is 12.4. The molecule has 0 aliphatic heterocycles. The van der Waals surface area contributed by atoms with E-state index >= 15 is 0 Å². The van der Waals surface area contributed by atoms with Crippen LogP contribution in [0.25, 0.3) is 0 Å². The van der Waals surface area contributed by atoms with Crippen molar-refractivity contribution in [2.75, 3.05) is 17.8 Å². The Labute approximate surface area is 122 Å². The maximum absolute atomic E-state index is 11.8. The molecule has 0 aromatic heterocycles. The summed E-state index contributed by atoms with van der Waals surface area (Å²) in [7, 11) is -3.49. The second kappa shape index (κ2) is 8.24. The lowest BCUT2D eigenvalue weighted by Gasteiger charge is -2.12. The summed E-state index contributed by atoms with van der Waals surface area (Å²) >= 11 is 0. The molecule has 0 fully saturated rings. The third-order valence-corrected chi connectivity index (χ3v) is 3.67. The number of nitrogens with one attached hydrogen (secondary N) is 3. The van der Waals surface area contributed by atoms with Crippen LogP contribution in [0.2, 0.25) is 0 Å². The lowest BCUT2D eigenvalue weighted by atomic mass is 10.2. The summed E-state index contributed by atoms with van der Waals surface area (Å²) in [5.74, 6) is 0.274. The Morgan fingerprint density at radius 3 is 2.65 bits per heavy atom. The zero-order chi connectivity index (χ0) is 15.0. The molecule has 0 saturated carbocycles. The van der Waals surface area contributed by atoms with Gasteiger partial charge in [0, 0.05) is 13.1 Å². The van der Waals surface area contributed by atoms with Gasteiger partial charge in [0.2, 0.25) is 0 Å². The molecule has 0 heterocycles.